The smallest absolute Gasteiger partial charge is 0.219 e. The van der Waals surface area contributed by atoms with E-state index < -0.39 is 0 Å². The van der Waals surface area contributed by atoms with E-state index in [9.17, 15) is 4.79 Å². The van der Waals surface area contributed by atoms with Gasteiger partial charge >= 0.3 is 0 Å². The van der Waals surface area contributed by atoms with Gasteiger partial charge in [-0.2, -0.15) is 0 Å². The Kier molecular flexibility index (Phi) is 5.88. The first-order valence-corrected chi connectivity index (χ1v) is 6.33. The molecule has 0 aromatic heterocycles. The second kappa shape index (κ2) is 6.93. The molecule has 2 atom stereocenters. The van der Waals surface area contributed by atoms with Crippen LogP contribution in [0.4, 0.5) is 0 Å². The second-order valence-corrected chi connectivity index (χ2v) is 4.87. The van der Waals surface area contributed by atoms with Crippen LogP contribution in [0.2, 0.25) is 0 Å². The molecule has 17 heavy (non-hydrogen) atoms. The third kappa shape index (κ3) is 4.61. The summed E-state index contributed by atoms with van der Waals surface area (Å²) in [6.45, 7) is 4.14. The number of nitrogens with two attached hydrogens (primary N) is 2. The van der Waals surface area contributed by atoms with Gasteiger partial charge in [-0.25, -0.2) is 0 Å². The van der Waals surface area contributed by atoms with Crippen LogP contribution in [-0.4, -0.2) is 49.7 Å². The molecule has 0 aromatic carbocycles. The van der Waals surface area contributed by atoms with E-state index >= 15 is 0 Å². The zero-order valence-electron chi connectivity index (χ0n) is 10.9. The van der Waals surface area contributed by atoms with Gasteiger partial charge in [-0.15, -0.1) is 0 Å². The molecule has 0 saturated heterocycles. The zero-order chi connectivity index (χ0) is 12.8. The average Bonchev–Trinajstić information content (AvgIpc) is 3.10. The van der Waals surface area contributed by atoms with Crippen molar-refractivity contribution in [3.8, 4) is 0 Å². The van der Waals surface area contributed by atoms with Crippen molar-refractivity contribution < 1.29 is 9.53 Å². The number of carbonyl (C=O) groups is 1. The molecule has 1 amide bonds. The Morgan fingerprint density at radius 2 is 2.18 bits per heavy atom. The van der Waals surface area contributed by atoms with Crippen molar-refractivity contribution in [2.75, 3.05) is 26.8 Å². The van der Waals surface area contributed by atoms with E-state index in [1.54, 1.807) is 7.11 Å². The van der Waals surface area contributed by atoms with Gasteiger partial charge in [0.2, 0.25) is 5.91 Å². The van der Waals surface area contributed by atoms with Crippen LogP contribution in [0.15, 0.2) is 0 Å². The lowest BCUT2D eigenvalue weighted by Crippen LogP contribution is -2.49. The highest BCUT2D eigenvalue weighted by molar-refractivity contribution is 5.74. The number of rotatable bonds is 9. The van der Waals surface area contributed by atoms with Crippen molar-refractivity contribution in [2.45, 2.75) is 38.3 Å². The van der Waals surface area contributed by atoms with Crippen LogP contribution in [0.5, 0.6) is 0 Å². The molecule has 1 rings (SSSR count). The molecular weight excluding hydrogens is 218 g/mol. The summed E-state index contributed by atoms with van der Waals surface area (Å²) < 4.78 is 5.12. The number of ether oxygens (including phenoxy) is 1. The summed E-state index contributed by atoms with van der Waals surface area (Å²) in [6, 6.07) is 0.497. The summed E-state index contributed by atoms with van der Waals surface area (Å²) >= 11 is 0. The van der Waals surface area contributed by atoms with Gasteiger partial charge in [0, 0.05) is 38.7 Å². The summed E-state index contributed by atoms with van der Waals surface area (Å²) in [4.78, 5) is 13.3. The van der Waals surface area contributed by atoms with Gasteiger partial charge in [0.1, 0.15) is 0 Å². The first-order chi connectivity index (χ1) is 8.10. The Bertz CT molecular complexity index is 244. The lowest BCUT2D eigenvalue weighted by molar-refractivity contribution is -0.119. The number of amides is 1. The van der Waals surface area contributed by atoms with Crippen molar-refractivity contribution in [3.63, 3.8) is 0 Å². The molecule has 5 nitrogen and oxygen atoms in total. The Balaban J connectivity index is 2.59. The summed E-state index contributed by atoms with van der Waals surface area (Å²) in [7, 11) is 1.69. The van der Waals surface area contributed by atoms with E-state index in [0.29, 0.717) is 25.6 Å². The molecule has 0 aliphatic heterocycles. The molecule has 0 heterocycles. The molecule has 1 fully saturated rings. The maximum absolute atomic E-state index is 11.1. The Morgan fingerprint density at radius 1 is 1.53 bits per heavy atom. The molecule has 1 aliphatic rings. The first-order valence-electron chi connectivity index (χ1n) is 6.33. The minimum Gasteiger partial charge on any atom is -0.383 e. The fraction of sp³-hybridized carbons (Fsp3) is 0.917. The minimum absolute atomic E-state index is 0.0400. The number of hydrogen-bond acceptors (Lipinski definition) is 4. The fourth-order valence-corrected chi connectivity index (χ4v) is 2.33. The lowest BCUT2D eigenvalue weighted by atomic mass is 10.1. The molecular formula is C12H25N3O2. The van der Waals surface area contributed by atoms with Gasteiger partial charge in [-0.1, -0.05) is 0 Å². The number of methoxy groups -OCH3 is 1. The van der Waals surface area contributed by atoms with Crippen molar-refractivity contribution in [1.29, 1.82) is 0 Å². The average molecular weight is 243 g/mol. The Labute approximate surface area is 103 Å². The van der Waals surface area contributed by atoms with Crippen molar-refractivity contribution in [1.82, 2.24) is 4.90 Å². The van der Waals surface area contributed by atoms with Crippen molar-refractivity contribution >= 4 is 5.91 Å². The standard InChI is InChI=1S/C12H25N3O2/c1-9(10-3-4-10)15(5-6-17-2)11(8-13)7-12(14)16/h9-11H,3-8,13H2,1-2H3,(H2,14,16). The van der Waals surface area contributed by atoms with E-state index in [1.807, 2.05) is 0 Å². The van der Waals surface area contributed by atoms with Gasteiger partial charge in [-0.3, -0.25) is 9.69 Å². The predicted molar refractivity (Wildman–Crippen MR) is 67.4 cm³/mol. The SMILES string of the molecule is COCCN(C(CN)CC(N)=O)C(C)C1CC1. The molecule has 0 radical (unpaired) electrons. The van der Waals surface area contributed by atoms with Crippen LogP contribution < -0.4 is 11.5 Å². The number of hydrogen-bond donors (Lipinski definition) is 2. The molecule has 5 heteroatoms. The minimum atomic E-state index is -0.286. The summed E-state index contributed by atoms with van der Waals surface area (Å²) in [5.74, 6) is 0.458. The van der Waals surface area contributed by atoms with Gasteiger partial charge < -0.3 is 16.2 Å². The molecule has 0 spiro atoms. The van der Waals surface area contributed by atoms with E-state index in [-0.39, 0.29) is 11.9 Å². The van der Waals surface area contributed by atoms with E-state index in [1.165, 1.54) is 12.8 Å². The van der Waals surface area contributed by atoms with Crippen molar-refractivity contribution in [2.24, 2.45) is 17.4 Å². The van der Waals surface area contributed by atoms with Crippen LogP contribution in [-0.2, 0) is 9.53 Å². The van der Waals surface area contributed by atoms with Gasteiger partial charge in [0.05, 0.1) is 6.61 Å². The predicted octanol–water partition coefficient (Wildman–Crippen LogP) is -0.0640. The zero-order valence-corrected chi connectivity index (χ0v) is 10.9. The normalized spacial score (nSPS) is 19.3. The molecule has 1 aliphatic carbocycles. The molecule has 0 bridgehead atoms. The van der Waals surface area contributed by atoms with Gasteiger partial charge in [0.15, 0.2) is 0 Å². The van der Waals surface area contributed by atoms with Crippen LogP contribution in [0, 0.1) is 5.92 Å². The van der Waals surface area contributed by atoms with E-state index in [2.05, 4.69) is 11.8 Å². The summed E-state index contributed by atoms with van der Waals surface area (Å²) in [5, 5.41) is 0. The van der Waals surface area contributed by atoms with Crippen LogP contribution in [0.1, 0.15) is 26.2 Å². The van der Waals surface area contributed by atoms with Crippen molar-refractivity contribution in [3.05, 3.63) is 0 Å². The highest BCUT2D eigenvalue weighted by atomic mass is 16.5. The fourth-order valence-electron chi connectivity index (χ4n) is 2.33. The number of primary amides is 1. The van der Waals surface area contributed by atoms with Crippen LogP contribution >= 0.6 is 0 Å². The highest BCUT2D eigenvalue weighted by Gasteiger charge is 2.34. The third-order valence-corrected chi connectivity index (χ3v) is 3.56. The molecule has 4 N–H and O–H groups in total. The van der Waals surface area contributed by atoms with Gasteiger partial charge in [0.25, 0.3) is 0 Å². The summed E-state index contributed by atoms with van der Waals surface area (Å²) in [6.07, 6.45) is 2.88. The topological polar surface area (TPSA) is 81.6 Å². The Hall–Kier alpha value is -0.650. The van der Waals surface area contributed by atoms with Crippen LogP contribution in [0.25, 0.3) is 0 Å². The quantitative estimate of drug-likeness (QED) is 0.594. The largest absolute Gasteiger partial charge is 0.383 e. The molecule has 1 saturated carbocycles. The molecule has 100 valence electrons. The van der Waals surface area contributed by atoms with E-state index in [4.69, 9.17) is 16.2 Å². The second-order valence-electron chi connectivity index (χ2n) is 4.87. The summed E-state index contributed by atoms with van der Waals surface area (Å²) in [5.41, 5.74) is 11.0. The Morgan fingerprint density at radius 3 is 2.59 bits per heavy atom. The number of nitrogens with zero attached hydrogens (tertiary/aromatic N) is 1. The van der Waals surface area contributed by atoms with Gasteiger partial charge in [-0.05, 0) is 25.7 Å². The highest BCUT2D eigenvalue weighted by Crippen LogP contribution is 2.35. The maximum atomic E-state index is 11.1. The molecule has 2 unspecified atom stereocenters. The monoisotopic (exact) mass is 243 g/mol. The third-order valence-electron chi connectivity index (χ3n) is 3.56. The molecule has 0 aromatic rings. The van der Waals surface area contributed by atoms with E-state index in [0.717, 1.165) is 12.5 Å². The number of carbonyl (C=O) groups excluding carboxylic acids is 1. The van der Waals surface area contributed by atoms with Crippen LogP contribution in [0.3, 0.4) is 0 Å². The first kappa shape index (κ1) is 14.4. The lowest BCUT2D eigenvalue weighted by Gasteiger charge is -2.35. The maximum Gasteiger partial charge on any atom is 0.219 e.